The highest BCUT2D eigenvalue weighted by molar-refractivity contribution is 5.64. The molecule has 0 aliphatic carbocycles. The van der Waals surface area contributed by atoms with Crippen molar-refractivity contribution in [2.45, 2.75) is 27.7 Å². The molecule has 1 aromatic carbocycles. The number of aliphatic hydroxyl groups is 1. The fraction of sp³-hybridized carbons (Fsp3) is 0.375. The molecule has 0 heterocycles. The Bertz CT molecular complexity index is 570. The van der Waals surface area contributed by atoms with Gasteiger partial charge in [-0.1, -0.05) is 23.8 Å². The highest BCUT2D eigenvalue weighted by Crippen LogP contribution is 2.28. The van der Waals surface area contributed by atoms with E-state index in [1.165, 1.54) is 0 Å². The number of hydrogen-bond donors (Lipinski definition) is 1. The van der Waals surface area contributed by atoms with E-state index in [1.54, 1.807) is 12.1 Å². The van der Waals surface area contributed by atoms with Crippen LogP contribution in [0, 0.1) is 20.8 Å². The van der Waals surface area contributed by atoms with E-state index in [2.05, 4.69) is 0 Å². The zero-order valence-electron chi connectivity index (χ0n) is 14.4. The zero-order valence-corrected chi connectivity index (χ0v) is 11.4. The van der Waals surface area contributed by atoms with Crippen molar-refractivity contribution in [2.24, 2.45) is 0 Å². The fourth-order valence-electron chi connectivity index (χ4n) is 1.85. The Balaban J connectivity index is 3.21. The summed E-state index contributed by atoms with van der Waals surface area (Å²) in [5, 5.41) is 8.85. The Morgan fingerprint density at radius 3 is 2.72 bits per heavy atom. The molecule has 1 aromatic rings. The van der Waals surface area contributed by atoms with E-state index in [4.69, 9.17) is 14.0 Å². The molecule has 0 spiro atoms. The van der Waals surface area contributed by atoms with Crippen molar-refractivity contribution in [3.63, 3.8) is 0 Å². The Kier molecular flexibility index (Phi) is 3.70. The summed E-state index contributed by atoms with van der Waals surface area (Å²) in [7, 11) is -2.44. The predicted molar refractivity (Wildman–Crippen MR) is 77.1 cm³/mol. The molecule has 0 unspecified atom stereocenters. The lowest BCUT2D eigenvalue weighted by Crippen LogP contribution is -1.95. The largest absolute Gasteiger partial charge is 0.496 e. The highest BCUT2D eigenvalue weighted by atomic mass is 16.5. The molecule has 1 N–H and O–H groups in total. The van der Waals surface area contributed by atoms with Crippen LogP contribution in [-0.2, 0) is 0 Å². The van der Waals surface area contributed by atoms with Crippen LogP contribution in [0.15, 0.2) is 23.8 Å². The molecule has 1 rings (SSSR count). The highest BCUT2D eigenvalue weighted by Gasteiger charge is 2.08. The van der Waals surface area contributed by atoms with Crippen LogP contribution in [0.5, 0.6) is 5.75 Å². The number of hydrogen-bond acceptors (Lipinski definition) is 2. The van der Waals surface area contributed by atoms with Crippen LogP contribution in [0.3, 0.4) is 0 Å². The van der Waals surface area contributed by atoms with Gasteiger partial charge in [-0.15, -0.1) is 0 Å². The number of benzene rings is 1. The van der Waals surface area contributed by atoms with Gasteiger partial charge in [0.1, 0.15) is 5.75 Å². The average molecular weight is 249 g/mol. The molecule has 0 saturated heterocycles. The SMILES string of the molecule is [2H]C([2H])([2H])Oc1cc(C)c(/C=C/C(C)=C/CO)c(C)c1C. The van der Waals surface area contributed by atoms with Crippen molar-refractivity contribution >= 4 is 6.08 Å². The summed E-state index contributed by atoms with van der Waals surface area (Å²) < 4.78 is 26.7. The summed E-state index contributed by atoms with van der Waals surface area (Å²) in [6.45, 7) is 7.64. The van der Waals surface area contributed by atoms with Gasteiger partial charge in [-0.25, -0.2) is 0 Å². The van der Waals surface area contributed by atoms with Crippen molar-refractivity contribution in [2.75, 3.05) is 13.6 Å². The van der Waals surface area contributed by atoms with Gasteiger partial charge in [-0.3, -0.25) is 0 Å². The van der Waals surface area contributed by atoms with E-state index >= 15 is 0 Å². The molecule has 98 valence electrons. The Labute approximate surface area is 114 Å². The van der Waals surface area contributed by atoms with Gasteiger partial charge in [0.05, 0.1) is 17.8 Å². The maximum Gasteiger partial charge on any atom is 0.122 e. The third kappa shape index (κ3) is 3.23. The second-order valence-corrected chi connectivity index (χ2v) is 4.42. The molecule has 0 bridgehead atoms. The molecule has 0 radical (unpaired) electrons. The van der Waals surface area contributed by atoms with E-state index in [9.17, 15) is 0 Å². The van der Waals surface area contributed by atoms with Crippen LogP contribution in [0.4, 0.5) is 0 Å². The van der Waals surface area contributed by atoms with Gasteiger partial charge in [-0.2, -0.15) is 0 Å². The molecule has 18 heavy (non-hydrogen) atoms. The summed E-state index contributed by atoms with van der Waals surface area (Å²) in [6, 6.07) is 1.75. The molecule has 0 fully saturated rings. The molecule has 2 nitrogen and oxygen atoms in total. The number of ether oxygens (including phenoxy) is 1. The second-order valence-electron chi connectivity index (χ2n) is 4.42. The minimum absolute atomic E-state index is 0.0124. The molecular weight excluding hydrogens is 224 g/mol. The topological polar surface area (TPSA) is 29.5 Å². The first kappa shape index (κ1) is 10.4. The maximum absolute atomic E-state index is 8.85. The number of aliphatic hydroxyl groups excluding tert-OH is 1. The lowest BCUT2D eigenvalue weighted by atomic mass is 9.96. The molecule has 0 atom stereocenters. The average Bonchev–Trinajstić information content (AvgIpc) is 2.34. The molecule has 0 aliphatic heterocycles. The number of methoxy groups -OCH3 is 1. The quantitative estimate of drug-likeness (QED) is 0.827. The summed E-state index contributed by atoms with van der Waals surface area (Å²) >= 11 is 0. The van der Waals surface area contributed by atoms with Gasteiger partial charge >= 0.3 is 0 Å². The summed E-state index contributed by atoms with van der Waals surface area (Å²) in [5.74, 6) is 0.393. The van der Waals surface area contributed by atoms with Crippen LogP contribution in [0.1, 0.15) is 33.3 Å². The molecule has 0 aliphatic rings. The van der Waals surface area contributed by atoms with Gasteiger partial charge in [0.2, 0.25) is 0 Å². The van der Waals surface area contributed by atoms with E-state index in [-0.39, 0.29) is 6.61 Å². The first-order valence-electron chi connectivity index (χ1n) is 7.41. The monoisotopic (exact) mass is 249 g/mol. The van der Waals surface area contributed by atoms with E-state index in [0.29, 0.717) is 5.75 Å². The van der Waals surface area contributed by atoms with Gasteiger partial charge in [0.25, 0.3) is 0 Å². The number of aryl methyl sites for hydroxylation is 1. The Hall–Kier alpha value is -1.54. The first-order valence-corrected chi connectivity index (χ1v) is 5.91. The van der Waals surface area contributed by atoms with Gasteiger partial charge in [-0.05, 0) is 56.0 Å². The smallest absolute Gasteiger partial charge is 0.122 e. The van der Waals surface area contributed by atoms with E-state index in [0.717, 1.165) is 27.8 Å². The lowest BCUT2D eigenvalue weighted by molar-refractivity contribution is 0.342. The Morgan fingerprint density at radius 1 is 1.39 bits per heavy atom. The van der Waals surface area contributed by atoms with Crippen molar-refractivity contribution in [1.82, 2.24) is 0 Å². The number of rotatable bonds is 4. The molecule has 0 aromatic heterocycles. The third-order valence-electron chi connectivity index (χ3n) is 3.14. The summed E-state index contributed by atoms with van der Waals surface area (Å²) in [5.41, 5.74) is 4.76. The molecule has 0 amide bonds. The van der Waals surface area contributed by atoms with Crippen molar-refractivity contribution < 1.29 is 14.0 Å². The predicted octanol–water partition coefficient (Wildman–Crippen LogP) is 3.57. The summed E-state index contributed by atoms with van der Waals surface area (Å²) in [4.78, 5) is 0. The lowest BCUT2D eigenvalue weighted by Gasteiger charge is -2.13. The van der Waals surface area contributed by atoms with E-state index in [1.807, 2.05) is 39.8 Å². The minimum Gasteiger partial charge on any atom is -0.496 e. The Morgan fingerprint density at radius 2 is 2.11 bits per heavy atom. The minimum atomic E-state index is -2.44. The number of allylic oxidation sites excluding steroid dienone is 2. The molecule has 2 heteroatoms. The normalized spacial score (nSPS) is 15.4. The van der Waals surface area contributed by atoms with E-state index < -0.39 is 7.04 Å². The standard InChI is InChI=1S/C16H22O2/c1-11(8-9-17)6-7-15-12(2)10-16(18-5)14(4)13(15)3/h6-8,10,17H,9H2,1-5H3/b7-6+,11-8+/i5D3. The molecular formula is C16H22O2. The van der Waals surface area contributed by atoms with Crippen molar-refractivity contribution in [1.29, 1.82) is 0 Å². The van der Waals surface area contributed by atoms with Crippen LogP contribution in [-0.4, -0.2) is 18.8 Å². The van der Waals surface area contributed by atoms with Gasteiger partial charge in [0, 0.05) is 0 Å². The van der Waals surface area contributed by atoms with Crippen molar-refractivity contribution in [3.05, 3.63) is 46.0 Å². The van der Waals surface area contributed by atoms with Crippen LogP contribution in [0.25, 0.3) is 6.08 Å². The first-order chi connectivity index (χ1) is 9.65. The summed E-state index contributed by atoms with van der Waals surface area (Å²) in [6.07, 6.45) is 5.62. The van der Waals surface area contributed by atoms with Gasteiger partial charge < -0.3 is 9.84 Å². The fourth-order valence-corrected chi connectivity index (χ4v) is 1.85. The van der Waals surface area contributed by atoms with Crippen molar-refractivity contribution in [3.8, 4) is 5.75 Å². The molecule has 0 saturated carbocycles. The zero-order chi connectivity index (χ0) is 16.2. The van der Waals surface area contributed by atoms with Crippen LogP contribution < -0.4 is 4.74 Å². The van der Waals surface area contributed by atoms with Crippen LogP contribution in [0.2, 0.25) is 0 Å². The van der Waals surface area contributed by atoms with Crippen LogP contribution >= 0.6 is 0 Å². The maximum atomic E-state index is 8.85. The second kappa shape index (κ2) is 6.41. The van der Waals surface area contributed by atoms with Gasteiger partial charge in [0.15, 0.2) is 0 Å². The third-order valence-corrected chi connectivity index (χ3v) is 3.14.